The minimum absolute atomic E-state index is 0.0438. The fourth-order valence-electron chi connectivity index (χ4n) is 3.50. The number of aromatic nitrogens is 3. The van der Waals surface area contributed by atoms with Crippen molar-refractivity contribution in [1.82, 2.24) is 19.9 Å². The second-order valence-corrected chi connectivity index (χ2v) is 7.58. The first-order chi connectivity index (χ1) is 13.7. The van der Waals surface area contributed by atoms with Gasteiger partial charge >= 0.3 is 0 Å². The van der Waals surface area contributed by atoms with Gasteiger partial charge in [-0.2, -0.15) is 0 Å². The summed E-state index contributed by atoms with van der Waals surface area (Å²) in [5.74, 6) is 0.610. The molecule has 0 radical (unpaired) electrons. The van der Waals surface area contributed by atoms with Gasteiger partial charge in [-0.3, -0.25) is 9.78 Å². The monoisotopic (exact) mass is 437 g/mol. The van der Waals surface area contributed by atoms with E-state index in [0.717, 1.165) is 35.1 Å². The van der Waals surface area contributed by atoms with E-state index in [2.05, 4.69) is 36.2 Å². The molecule has 1 unspecified atom stereocenters. The topological polar surface area (TPSA) is 71.0 Å². The van der Waals surface area contributed by atoms with Gasteiger partial charge in [-0.1, -0.05) is 24.3 Å². The summed E-state index contributed by atoms with van der Waals surface area (Å²) >= 11 is 3.33. The van der Waals surface area contributed by atoms with Crippen LogP contribution in [-0.2, 0) is 0 Å². The maximum absolute atomic E-state index is 13.3. The molecule has 6 nitrogen and oxygen atoms in total. The van der Waals surface area contributed by atoms with Crippen LogP contribution in [-0.4, -0.2) is 44.9 Å². The number of anilines is 1. The number of nitrogens with zero attached hydrogens (tertiary/aromatic N) is 4. The van der Waals surface area contributed by atoms with E-state index < -0.39 is 0 Å². The van der Waals surface area contributed by atoms with Crippen LogP contribution in [0.2, 0.25) is 0 Å². The molecule has 4 rings (SSSR count). The highest BCUT2D eigenvalue weighted by Crippen LogP contribution is 2.26. The summed E-state index contributed by atoms with van der Waals surface area (Å²) in [4.78, 5) is 28.2. The lowest BCUT2D eigenvalue weighted by atomic mass is 10.0. The predicted octanol–water partition coefficient (Wildman–Crippen LogP) is 4.02. The zero-order chi connectivity index (χ0) is 19.3. The van der Waals surface area contributed by atoms with Crippen LogP contribution < -0.4 is 5.32 Å². The molecule has 3 aromatic rings. The van der Waals surface area contributed by atoms with E-state index in [-0.39, 0.29) is 11.9 Å². The van der Waals surface area contributed by atoms with Crippen molar-refractivity contribution in [3.8, 4) is 11.3 Å². The molecule has 2 aromatic heterocycles. The fourth-order valence-corrected chi connectivity index (χ4v) is 3.70. The largest absolute Gasteiger partial charge is 0.352 e. The molecule has 1 aromatic carbocycles. The Morgan fingerprint density at radius 3 is 2.68 bits per heavy atom. The number of hydrogen-bond donors (Lipinski definition) is 1. The van der Waals surface area contributed by atoms with Gasteiger partial charge in [0.2, 0.25) is 5.95 Å². The third-order valence-corrected chi connectivity index (χ3v) is 5.26. The van der Waals surface area contributed by atoms with Crippen molar-refractivity contribution in [3.63, 3.8) is 0 Å². The summed E-state index contributed by atoms with van der Waals surface area (Å²) < 4.78 is 0.835. The van der Waals surface area contributed by atoms with Crippen LogP contribution in [0, 0.1) is 0 Å². The molecule has 3 heterocycles. The van der Waals surface area contributed by atoms with Crippen molar-refractivity contribution in [2.24, 2.45) is 0 Å². The number of rotatable bonds is 5. The van der Waals surface area contributed by atoms with Crippen LogP contribution in [0.15, 0.2) is 65.5 Å². The number of carbonyl (C=O) groups is 1. The molecular weight excluding hydrogens is 418 g/mol. The molecule has 0 bridgehead atoms. The number of hydrogen-bond acceptors (Lipinski definition) is 5. The highest BCUT2D eigenvalue weighted by molar-refractivity contribution is 9.10. The van der Waals surface area contributed by atoms with Crippen molar-refractivity contribution < 1.29 is 4.79 Å². The Kier molecular flexibility index (Phi) is 5.62. The SMILES string of the molecule is O=C(c1ccccc1-c1ccccn1)N1CCCC1CNc1ncc(Br)cn1. The van der Waals surface area contributed by atoms with Gasteiger partial charge in [-0.25, -0.2) is 9.97 Å². The van der Waals surface area contributed by atoms with Gasteiger partial charge < -0.3 is 10.2 Å². The van der Waals surface area contributed by atoms with Gasteiger partial charge in [0.1, 0.15) is 0 Å². The Morgan fingerprint density at radius 2 is 1.89 bits per heavy atom. The first-order valence-electron chi connectivity index (χ1n) is 9.25. The van der Waals surface area contributed by atoms with Crippen LogP contribution in [0.25, 0.3) is 11.3 Å². The van der Waals surface area contributed by atoms with Crippen LogP contribution in [0.3, 0.4) is 0 Å². The second-order valence-electron chi connectivity index (χ2n) is 6.66. The molecule has 1 saturated heterocycles. The molecule has 28 heavy (non-hydrogen) atoms. The number of benzene rings is 1. The number of nitrogens with one attached hydrogen (secondary N) is 1. The van der Waals surface area contributed by atoms with Crippen LogP contribution in [0.5, 0.6) is 0 Å². The minimum atomic E-state index is 0.0438. The van der Waals surface area contributed by atoms with Crippen LogP contribution >= 0.6 is 15.9 Å². The smallest absolute Gasteiger partial charge is 0.254 e. The number of carbonyl (C=O) groups excluding carboxylic acids is 1. The normalized spacial score (nSPS) is 16.2. The lowest BCUT2D eigenvalue weighted by molar-refractivity contribution is 0.0744. The van der Waals surface area contributed by atoms with Crippen molar-refractivity contribution in [2.75, 3.05) is 18.4 Å². The van der Waals surface area contributed by atoms with Crippen molar-refractivity contribution in [1.29, 1.82) is 0 Å². The number of pyridine rings is 1. The van der Waals surface area contributed by atoms with Gasteiger partial charge in [-0.05, 0) is 47.0 Å². The Labute approximate surface area is 172 Å². The molecule has 142 valence electrons. The van der Waals surface area contributed by atoms with E-state index in [1.54, 1.807) is 18.6 Å². The maximum Gasteiger partial charge on any atom is 0.254 e. The van der Waals surface area contributed by atoms with E-state index in [1.165, 1.54) is 0 Å². The lowest BCUT2D eigenvalue weighted by Crippen LogP contribution is -2.40. The van der Waals surface area contributed by atoms with Gasteiger partial charge in [-0.15, -0.1) is 0 Å². The molecule has 1 aliphatic rings. The molecule has 1 fully saturated rings. The summed E-state index contributed by atoms with van der Waals surface area (Å²) in [6.07, 6.45) is 7.11. The Hall–Kier alpha value is -2.80. The molecule has 0 aliphatic carbocycles. The molecule has 1 aliphatic heterocycles. The number of amides is 1. The van der Waals surface area contributed by atoms with E-state index in [0.29, 0.717) is 18.1 Å². The zero-order valence-corrected chi connectivity index (χ0v) is 16.8. The number of halogens is 1. The highest BCUT2D eigenvalue weighted by Gasteiger charge is 2.30. The summed E-state index contributed by atoms with van der Waals surface area (Å²) in [5.41, 5.74) is 2.36. The average molecular weight is 438 g/mol. The summed E-state index contributed by atoms with van der Waals surface area (Å²) in [6, 6.07) is 13.5. The molecular formula is C21H20BrN5O. The first kappa shape index (κ1) is 18.6. The first-order valence-corrected chi connectivity index (χ1v) is 10.0. The van der Waals surface area contributed by atoms with E-state index in [1.807, 2.05) is 47.4 Å². The van der Waals surface area contributed by atoms with Crippen molar-refractivity contribution >= 4 is 27.8 Å². The molecule has 0 spiro atoms. The second kappa shape index (κ2) is 8.48. The molecule has 7 heteroatoms. The third kappa shape index (κ3) is 4.04. The molecule has 1 N–H and O–H groups in total. The molecule has 1 amide bonds. The Balaban J connectivity index is 1.52. The summed E-state index contributed by atoms with van der Waals surface area (Å²) in [5, 5.41) is 3.25. The van der Waals surface area contributed by atoms with Gasteiger partial charge in [0.25, 0.3) is 5.91 Å². The molecule has 1 atom stereocenters. The fraction of sp³-hybridized carbons (Fsp3) is 0.238. The minimum Gasteiger partial charge on any atom is -0.352 e. The Morgan fingerprint density at radius 1 is 1.11 bits per heavy atom. The Bertz CT molecular complexity index is 949. The predicted molar refractivity (Wildman–Crippen MR) is 112 cm³/mol. The van der Waals surface area contributed by atoms with Gasteiger partial charge in [0.05, 0.1) is 10.2 Å². The van der Waals surface area contributed by atoms with Crippen LogP contribution in [0.4, 0.5) is 5.95 Å². The van der Waals surface area contributed by atoms with Gasteiger partial charge in [0.15, 0.2) is 0 Å². The third-order valence-electron chi connectivity index (χ3n) is 4.85. The number of likely N-dealkylation sites (tertiary alicyclic amines) is 1. The average Bonchev–Trinajstić information content (AvgIpc) is 3.22. The lowest BCUT2D eigenvalue weighted by Gasteiger charge is -2.26. The summed E-state index contributed by atoms with van der Waals surface area (Å²) in [7, 11) is 0. The van der Waals surface area contributed by atoms with E-state index in [9.17, 15) is 4.79 Å². The maximum atomic E-state index is 13.3. The van der Waals surface area contributed by atoms with Crippen molar-refractivity contribution in [2.45, 2.75) is 18.9 Å². The van der Waals surface area contributed by atoms with Gasteiger partial charge in [0, 0.05) is 48.8 Å². The highest BCUT2D eigenvalue weighted by atomic mass is 79.9. The summed E-state index contributed by atoms with van der Waals surface area (Å²) in [6.45, 7) is 1.38. The van der Waals surface area contributed by atoms with E-state index >= 15 is 0 Å². The van der Waals surface area contributed by atoms with E-state index in [4.69, 9.17) is 0 Å². The quantitative estimate of drug-likeness (QED) is 0.652. The standard InChI is InChI=1S/C21H20BrN5O/c22-15-12-24-21(25-13-15)26-14-16-6-5-11-27(16)20(28)18-8-2-1-7-17(18)19-9-3-4-10-23-19/h1-4,7-10,12-13,16H,5-6,11,14H2,(H,24,25,26). The van der Waals surface area contributed by atoms with Crippen molar-refractivity contribution in [3.05, 3.63) is 71.1 Å². The molecule has 0 saturated carbocycles. The van der Waals surface area contributed by atoms with Crippen LogP contribution in [0.1, 0.15) is 23.2 Å². The zero-order valence-electron chi connectivity index (χ0n) is 15.3.